The van der Waals surface area contributed by atoms with Gasteiger partial charge in [0.2, 0.25) is 9.47 Å². The molecule has 20 heavy (non-hydrogen) atoms. The second kappa shape index (κ2) is 5.00. The molecule has 1 aromatic heterocycles. The highest BCUT2D eigenvalue weighted by atomic mass is 32.2. The van der Waals surface area contributed by atoms with Crippen molar-refractivity contribution in [2.75, 3.05) is 18.9 Å². The maximum Gasteiger partial charge on any atom is 0.272 e. The Morgan fingerprint density at radius 3 is 2.85 bits per heavy atom. The Balaban J connectivity index is 1.95. The third-order valence-electron chi connectivity index (χ3n) is 2.90. The number of ether oxygens (including phenoxy) is 1. The highest BCUT2D eigenvalue weighted by Gasteiger charge is 2.30. The van der Waals surface area contributed by atoms with Crippen LogP contribution in [-0.2, 0) is 16.6 Å². The molecule has 106 valence electrons. The Bertz CT molecular complexity index is 729. The van der Waals surface area contributed by atoms with E-state index in [1.807, 2.05) is 24.3 Å². The van der Waals surface area contributed by atoms with Crippen molar-refractivity contribution in [3.05, 3.63) is 29.8 Å². The molecule has 1 aliphatic heterocycles. The molecule has 0 fully saturated rings. The minimum atomic E-state index is -3.69. The van der Waals surface area contributed by atoms with Crippen LogP contribution >= 0.6 is 11.3 Å². The smallest absolute Gasteiger partial charge is 0.272 e. The molecule has 2 heterocycles. The maximum absolute atomic E-state index is 12.5. The van der Waals surface area contributed by atoms with E-state index in [2.05, 4.69) is 10.2 Å². The van der Waals surface area contributed by atoms with Gasteiger partial charge in [-0.2, -0.15) is 4.31 Å². The molecule has 0 bridgehead atoms. The topological polar surface area (TPSA) is 98.4 Å². The minimum Gasteiger partial charge on any atom is -0.492 e. The highest BCUT2D eigenvalue weighted by molar-refractivity contribution is 7.91. The van der Waals surface area contributed by atoms with Gasteiger partial charge in [0.25, 0.3) is 10.0 Å². The number of rotatable bonds is 2. The number of fused-ring (bicyclic) bond motifs is 1. The number of anilines is 1. The van der Waals surface area contributed by atoms with Gasteiger partial charge in [-0.05, 0) is 6.07 Å². The summed E-state index contributed by atoms with van der Waals surface area (Å²) in [5.74, 6) is 0.710. The SMILES string of the molecule is Nc1nnc(S(=O)(=O)N2CCOc3ccccc3C2)s1. The molecule has 0 saturated heterocycles. The number of nitrogen functional groups attached to an aromatic ring is 1. The summed E-state index contributed by atoms with van der Waals surface area (Å²) in [4.78, 5) is 0. The van der Waals surface area contributed by atoms with Crippen molar-refractivity contribution in [2.45, 2.75) is 10.9 Å². The molecule has 0 unspecified atom stereocenters. The summed E-state index contributed by atoms with van der Waals surface area (Å²) in [6, 6.07) is 7.38. The third kappa shape index (κ3) is 2.35. The molecule has 7 nitrogen and oxygen atoms in total. The van der Waals surface area contributed by atoms with Crippen LogP contribution in [0.15, 0.2) is 28.6 Å². The fourth-order valence-corrected chi connectivity index (χ4v) is 4.27. The Morgan fingerprint density at radius 2 is 2.10 bits per heavy atom. The molecule has 0 saturated carbocycles. The molecule has 1 aliphatic rings. The van der Waals surface area contributed by atoms with Crippen LogP contribution in [0.4, 0.5) is 5.13 Å². The summed E-state index contributed by atoms with van der Waals surface area (Å²) in [7, 11) is -3.69. The average Bonchev–Trinajstić information content (AvgIpc) is 2.75. The largest absolute Gasteiger partial charge is 0.492 e. The first-order chi connectivity index (χ1) is 9.57. The first kappa shape index (κ1) is 13.3. The van der Waals surface area contributed by atoms with Crippen LogP contribution in [0.2, 0.25) is 0 Å². The first-order valence-corrected chi connectivity index (χ1v) is 8.13. The zero-order valence-electron chi connectivity index (χ0n) is 10.4. The molecule has 2 N–H and O–H groups in total. The fourth-order valence-electron chi connectivity index (χ4n) is 1.94. The molecular formula is C11H12N4O3S2. The van der Waals surface area contributed by atoms with Crippen molar-refractivity contribution in [2.24, 2.45) is 0 Å². The lowest BCUT2D eigenvalue weighted by molar-refractivity contribution is 0.293. The van der Waals surface area contributed by atoms with Crippen LogP contribution in [0.3, 0.4) is 0 Å². The van der Waals surface area contributed by atoms with Gasteiger partial charge in [0.15, 0.2) is 0 Å². The zero-order chi connectivity index (χ0) is 14.2. The second-order valence-electron chi connectivity index (χ2n) is 4.20. The normalized spacial score (nSPS) is 16.2. The van der Waals surface area contributed by atoms with Gasteiger partial charge in [-0.1, -0.05) is 29.5 Å². The van der Waals surface area contributed by atoms with Gasteiger partial charge in [0.1, 0.15) is 12.4 Å². The first-order valence-electron chi connectivity index (χ1n) is 5.87. The molecule has 0 aliphatic carbocycles. The van der Waals surface area contributed by atoms with E-state index in [0.717, 1.165) is 16.9 Å². The zero-order valence-corrected chi connectivity index (χ0v) is 12.0. The summed E-state index contributed by atoms with van der Waals surface area (Å²) in [5, 5.41) is 7.31. The number of aromatic nitrogens is 2. The van der Waals surface area contributed by atoms with E-state index < -0.39 is 10.0 Å². The van der Waals surface area contributed by atoms with Crippen molar-refractivity contribution in [3.63, 3.8) is 0 Å². The highest BCUT2D eigenvalue weighted by Crippen LogP contribution is 2.27. The van der Waals surface area contributed by atoms with Crippen LogP contribution < -0.4 is 10.5 Å². The van der Waals surface area contributed by atoms with Crippen LogP contribution in [-0.4, -0.2) is 36.1 Å². The molecule has 1 aromatic carbocycles. The molecule has 0 amide bonds. The van der Waals surface area contributed by atoms with Gasteiger partial charge in [0, 0.05) is 18.7 Å². The average molecular weight is 312 g/mol. The number of benzene rings is 1. The van der Waals surface area contributed by atoms with Gasteiger partial charge < -0.3 is 10.5 Å². The summed E-state index contributed by atoms with van der Waals surface area (Å²) in [6.45, 7) is 0.805. The number of hydrogen-bond acceptors (Lipinski definition) is 7. The minimum absolute atomic E-state index is 0.0885. The van der Waals surface area contributed by atoms with Crippen LogP contribution in [0, 0.1) is 0 Å². The van der Waals surface area contributed by atoms with Gasteiger partial charge in [-0.25, -0.2) is 8.42 Å². The Morgan fingerprint density at radius 1 is 1.30 bits per heavy atom. The van der Waals surface area contributed by atoms with Crippen LogP contribution in [0.5, 0.6) is 5.75 Å². The van der Waals surface area contributed by atoms with Gasteiger partial charge in [-0.15, -0.1) is 10.2 Å². The predicted molar refractivity (Wildman–Crippen MR) is 73.9 cm³/mol. The molecule has 0 spiro atoms. The monoisotopic (exact) mass is 312 g/mol. The summed E-state index contributed by atoms with van der Waals surface area (Å²) in [5.41, 5.74) is 6.27. The molecule has 3 rings (SSSR count). The molecule has 0 atom stereocenters. The van der Waals surface area contributed by atoms with Crippen molar-refractivity contribution >= 4 is 26.5 Å². The lowest BCUT2D eigenvalue weighted by Crippen LogP contribution is -2.32. The quantitative estimate of drug-likeness (QED) is 0.876. The molecule has 9 heteroatoms. The van der Waals surface area contributed by atoms with E-state index in [-0.39, 0.29) is 22.6 Å². The second-order valence-corrected chi connectivity index (χ2v) is 7.32. The number of sulfonamides is 1. The van der Waals surface area contributed by atoms with E-state index in [0.29, 0.717) is 12.4 Å². The lowest BCUT2D eigenvalue weighted by atomic mass is 10.2. The van der Waals surface area contributed by atoms with E-state index in [1.165, 1.54) is 4.31 Å². The standard InChI is InChI=1S/C11H12N4O3S2/c12-10-13-14-11(19-10)20(16,17)15-5-6-18-9-4-2-1-3-8(9)7-15/h1-4H,5-7H2,(H2,12,13). The van der Waals surface area contributed by atoms with Crippen LogP contribution in [0.1, 0.15) is 5.56 Å². The number of hydrogen-bond donors (Lipinski definition) is 1. The van der Waals surface area contributed by atoms with E-state index in [4.69, 9.17) is 10.5 Å². The van der Waals surface area contributed by atoms with Crippen molar-refractivity contribution in [3.8, 4) is 5.75 Å². The van der Waals surface area contributed by atoms with Crippen molar-refractivity contribution < 1.29 is 13.2 Å². The van der Waals surface area contributed by atoms with Gasteiger partial charge >= 0.3 is 0 Å². The number of nitrogens with two attached hydrogens (primary N) is 1. The Hall–Kier alpha value is -1.71. The van der Waals surface area contributed by atoms with E-state index in [1.54, 1.807) is 0 Å². The lowest BCUT2D eigenvalue weighted by Gasteiger charge is -2.17. The Kier molecular flexibility index (Phi) is 3.32. The summed E-state index contributed by atoms with van der Waals surface area (Å²) in [6.07, 6.45) is 0. The van der Waals surface area contributed by atoms with Crippen molar-refractivity contribution in [1.82, 2.24) is 14.5 Å². The van der Waals surface area contributed by atoms with E-state index >= 15 is 0 Å². The third-order valence-corrected chi connectivity index (χ3v) is 5.84. The summed E-state index contributed by atoms with van der Waals surface area (Å²) < 4.78 is 31.8. The molecule has 0 radical (unpaired) electrons. The maximum atomic E-state index is 12.5. The Labute approximate surface area is 120 Å². The number of nitrogens with zero attached hydrogens (tertiary/aromatic N) is 3. The van der Waals surface area contributed by atoms with Crippen LogP contribution in [0.25, 0.3) is 0 Å². The fraction of sp³-hybridized carbons (Fsp3) is 0.273. The predicted octanol–water partition coefficient (Wildman–Crippen LogP) is 0.704. The van der Waals surface area contributed by atoms with Gasteiger partial charge in [-0.3, -0.25) is 0 Å². The molecule has 2 aromatic rings. The number of para-hydroxylation sites is 1. The van der Waals surface area contributed by atoms with Crippen molar-refractivity contribution in [1.29, 1.82) is 0 Å². The van der Waals surface area contributed by atoms with Gasteiger partial charge in [0.05, 0.1) is 0 Å². The molecular weight excluding hydrogens is 300 g/mol. The van der Waals surface area contributed by atoms with E-state index in [9.17, 15) is 8.42 Å². The summed E-state index contributed by atoms with van der Waals surface area (Å²) >= 11 is 0.862.